The van der Waals surface area contributed by atoms with Crippen LogP contribution in [0, 0.1) is 0 Å². The molecule has 10 nitrogen and oxygen atoms in total. The first-order chi connectivity index (χ1) is 24.8. The lowest BCUT2D eigenvalue weighted by Crippen LogP contribution is -2.10. The molecule has 0 fully saturated rings. The Bertz CT molecular complexity index is 2340. The molecule has 4 aromatic heterocycles. The summed E-state index contributed by atoms with van der Waals surface area (Å²) in [6.45, 7) is 0. The maximum absolute atomic E-state index is 5.22. The van der Waals surface area contributed by atoms with E-state index in [-0.39, 0.29) is 0 Å². The first-order valence-corrected chi connectivity index (χ1v) is 16.0. The number of nitrogens with zero attached hydrogens (tertiary/aromatic N) is 8. The first-order valence-electron chi connectivity index (χ1n) is 16.0. The number of hydrogen-bond acceptors (Lipinski definition) is 8. The molecule has 0 aliphatic carbocycles. The SMILES string of the molecule is c1ccc(-c2nnc(-c3ccc(C4=Nc5cnccc5C(c5ccc(-c6nnc(-c7ccccc7)[nH]6)cc5)=Nc5cnccc54)cc3)[nH]2)cc1. The van der Waals surface area contributed by atoms with Crippen LogP contribution in [0.25, 0.3) is 45.6 Å². The molecular formula is C40H26N10. The number of benzene rings is 4. The monoisotopic (exact) mass is 646 g/mol. The number of nitrogens with one attached hydrogen (secondary N) is 2. The second-order valence-corrected chi connectivity index (χ2v) is 11.6. The van der Waals surface area contributed by atoms with Crippen LogP contribution in [0.15, 0.2) is 156 Å². The molecule has 9 rings (SSSR count). The summed E-state index contributed by atoms with van der Waals surface area (Å²) >= 11 is 0. The molecule has 1 aliphatic rings. The van der Waals surface area contributed by atoms with E-state index in [1.54, 1.807) is 24.8 Å². The van der Waals surface area contributed by atoms with Crippen molar-refractivity contribution < 1.29 is 0 Å². The van der Waals surface area contributed by atoms with E-state index in [0.717, 1.165) is 67.6 Å². The largest absolute Gasteiger partial charge is 0.321 e. The number of hydrogen-bond donors (Lipinski definition) is 2. The Morgan fingerprint density at radius 2 is 0.680 bits per heavy atom. The number of fused-ring (bicyclic) bond motifs is 2. The van der Waals surface area contributed by atoms with Gasteiger partial charge < -0.3 is 9.97 Å². The molecule has 0 atom stereocenters. The number of aromatic amines is 2. The number of H-pyrrole nitrogens is 2. The van der Waals surface area contributed by atoms with Crippen LogP contribution in [0.2, 0.25) is 0 Å². The molecule has 0 spiro atoms. The number of aromatic nitrogens is 8. The average Bonchev–Trinajstić information content (AvgIpc) is 3.89. The van der Waals surface area contributed by atoms with E-state index >= 15 is 0 Å². The quantitative estimate of drug-likeness (QED) is 0.188. The van der Waals surface area contributed by atoms with Gasteiger partial charge in [-0.25, -0.2) is 9.98 Å². The van der Waals surface area contributed by atoms with Gasteiger partial charge in [-0.15, -0.1) is 20.4 Å². The first kappa shape index (κ1) is 29.0. The van der Waals surface area contributed by atoms with Gasteiger partial charge in [0.05, 0.1) is 35.2 Å². The zero-order valence-corrected chi connectivity index (χ0v) is 26.4. The normalized spacial score (nSPS) is 12.2. The van der Waals surface area contributed by atoms with Crippen LogP contribution in [0.5, 0.6) is 0 Å². The van der Waals surface area contributed by atoms with Gasteiger partial charge in [0.25, 0.3) is 0 Å². The summed E-state index contributed by atoms with van der Waals surface area (Å²) < 4.78 is 0. The smallest absolute Gasteiger partial charge is 0.161 e. The topological polar surface area (TPSA) is 134 Å². The van der Waals surface area contributed by atoms with Crippen LogP contribution in [-0.2, 0) is 0 Å². The fraction of sp³-hybridized carbons (Fsp3) is 0. The molecule has 50 heavy (non-hydrogen) atoms. The lowest BCUT2D eigenvalue weighted by molar-refractivity contribution is 1.10. The van der Waals surface area contributed by atoms with Crippen LogP contribution in [-0.4, -0.2) is 51.8 Å². The number of rotatable bonds is 6. The van der Waals surface area contributed by atoms with E-state index < -0.39 is 0 Å². The molecule has 10 heteroatoms. The minimum atomic E-state index is 0.689. The third-order valence-corrected chi connectivity index (χ3v) is 8.51. The van der Waals surface area contributed by atoms with Crippen LogP contribution in [0.4, 0.5) is 11.4 Å². The summed E-state index contributed by atoms with van der Waals surface area (Å²) in [4.78, 5) is 26.0. The van der Waals surface area contributed by atoms with Gasteiger partial charge in [0, 0.05) is 56.9 Å². The lowest BCUT2D eigenvalue weighted by atomic mass is 9.96. The molecule has 8 aromatic rings. The molecule has 0 amide bonds. The highest BCUT2D eigenvalue weighted by molar-refractivity contribution is 6.22. The van der Waals surface area contributed by atoms with E-state index in [1.807, 2.05) is 121 Å². The van der Waals surface area contributed by atoms with E-state index in [0.29, 0.717) is 23.0 Å². The maximum atomic E-state index is 5.22. The Labute approximate surface area is 286 Å². The van der Waals surface area contributed by atoms with Crippen LogP contribution in [0.1, 0.15) is 22.3 Å². The van der Waals surface area contributed by atoms with Crippen molar-refractivity contribution in [2.45, 2.75) is 0 Å². The predicted octanol–water partition coefficient (Wildman–Crippen LogP) is 8.03. The third kappa shape index (κ3) is 5.46. The molecule has 236 valence electrons. The molecule has 0 saturated heterocycles. The Hall–Kier alpha value is -7.20. The number of aliphatic imine (C=N–C) groups is 2. The van der Waals surface area contributed by atoms with Gasteiger partial charge in [0.15, 0.2) is 23.3 Å². The molecule has 0 radical (unpaired) electrons. The van der Waals surface area contributed by atoms with Crippen molar-refractivity contribution in [1.29, 1.82) is 0 Å². The Morgan fingerprint density at radius 1 is 0.340 bits per heavy atom. The van der Waals surface area contributed by atoms with Crippen molar-refractivity contribution >= 4 is 22.8 Å². The summed E-state index contributed by atoms with van der Waals surface area (Å²) in [5.41, 5.74) is 10.3. The van der Waals surface area contributed by atoms with Gasteiger partial charge in [0.1, 0.15) is 0 Å². The minimum absolute atomic E-state index is 0.689. The van der Waals surface area contributed by atoms with E-state index in [9.17, 15) is 0 Å². The summed E-state index contributed by atoms with van der Waals surface area (Å²) in [5, 5.41) is 17.5. The Kier molecular flexibility index (Phi) is 7.21. The predicted molar refractivity (Wildman–Crippen MR) is 194 cm³/mol. The molecule has 0 bridgehead atoms. The molecule has 1 aliphatic heterocycles. The Morgan fingerprint density at radius 3 is 1.06 bits per heavy atom. The molecule has 4 aromatic carbocycles. The highest BCUT2D eigenvalue weighted by atomic mass is 15.2. The highest BCUT2D eigenvalue weighted by Gasteiger charge is 2.21. The van der Waals surface area contributed by atoms with Gasteiger partial charge in [-0.3, -0.25) is 9.97 Å². The highest BCUT2D eigenvalue weighted by Crippen LogP contribution is 2.33. The van der Waals surface area contributed by atoms with Crippen molar-refractivity contribution in [2.24, 2.45) is 9.98 Å². The van der Waals surface area contributed by atoms with Crippen molar-refractivity contribution in [3.8, 4) is 45.6 Å². The van der Waals surface area contributed by atoms with Gasteiger partial charge in [-0.1, -0.05) is 109 Å². The Balaban J connectivity index is 1.06. The average molecular weight is 647 g/mol. The standard InChI is InChI=1S/C40H26N10/c1-3-7-27(8-4-1)37-45-39(49-47-37)29-15-11-25(12-16-29)35-31-19-21-41-23-33(31)44-36(32-20-22-42-24-34(32)43-35)26-13-17-30(18-14-26)40-46-38(48-50-40)28-9-5-2-6-10-28/h1-24H,(H,45,47,49)(H,46,48,50). The fourth-order valence-electron chi connectivity index (χ4n) is 5.96. The van der Waals surface area contributed by atoms with E-state index in [1.165, 1.54) is 0 Å². The van der Waals surface area contributed by atoms with E-state index in [4.69, 9.17) is 9.98 Å². The van der Waals surface area contributed by atoms with Crippen molar-refractivity contribution in [3.63, 3.8) is 0 Å². The van der Waals surface area contributed by atoms with Crippen LogP contribution in [0.3, 0.4) is 0 Å². The van der Waals surface area contributed by atoms with Crippen molar-refractivity contribution in [3.05, 3.63) is 168 Å². The fourth-order valence-corrected chi connectivity index (χ4v) is 5.96. The zero-order chi connectivity index (χ0) is 33.3. The van der Waals surface area contributed by atoms with Crippen molar-refractivity contribution in [2.75, 3.05) is 0 Å². The molecule has 0 saturated carbocycles. The third-order valence-electron chi connectivity index (χ3n) is 8.51. The molecule has 5 heterocycles. The van der Waals surface area contributed by atoms with Gasteiger partial charge in [0.2, 0.25) is 0 Å². The van der Waals surface area contributed by atoms with Gasteiger partial charge in [-0.2, -0.15) is 0 Å². The lowest BCUT2D eigenvalue weighted by Gasteiger charge is -2.17. The second-order valence-electron chi connectivity index (χ2n) is 11.6. The molecule has 2 N–H and O–H groups in total. The zero-order valence-electron chi connectivity index (χ0n) is 26.4. The van der Waals surface area contributed by atoms with Crippen LogP contribution < -0.4 is 0 Å². The van der Waals surface area contributed by atoms with Gasteiger partial charge in [-0.05, 0) is 12.1 Å². The second kappa shape index (κ2) is 12.4. The molecule has 0 unspecified atom stereocenters. The molecular weight excluding hydrogens is 621 g/mol. The minimum Gasteiger partial charge on any atom is -0.321 e. The van der Waals surface area contributed by atoms with E-state index in [2.05, 4.69) is 40.3 Å². The van der Waals surface area contributed by atoms with Crippen LogP contribution >= 0.6 is 0 Å². The summed E-state index contributed by atoms with van der Waals surface area (Å²) in [5.74, 6) is 2.82. The van der Waals surface area contributed by atoms with Crippen molar-refractivity contribution in [1.82, 2.24) is 40.3 Å². The number of pyridine rings is 2. The summed E-state index contributed by atoms with van der Waals surface area (Å²) in [6, 6.07) is 40.0. The maximum Gasteiger partial charge on any atom is 0.161 e. The summed E-state index contributed by atoms with van der Waals surface area (Å²) in [6.07, 6.45) is 7.08. The summed E-state index contributed by atoms with van der Waals surface area (Å²) in [7, 11) is 0. The van der Waals surface area contributed by atoms with Gasteiger partial charge >= 0.3 is 0 Å².